The summed E-state index contributed by atoms with van der Waals surface area (Å²) in [5.74, 6) is -6.13. The van der Waals surface area contributed by atoms with Crippen LogP contribution in [0.2, 0.25) is 0 Å². The minimum atomic E-state index is -4.61. The number of hydrogen-bond donors (Lipinski definition) is 2. The van der Waals surface area contributed by atoms with E-state index < -0.39 is 50.1 Å². The van der Waals surface area contributed by atoms with E-state index in [4.69, 9.17) is 5.11 Å². The fraction of sp³-hybridized carbons (Fsp3) is 0.333. The van der Waals surface area contributed by atoms with Crippen molar-refractivity contribution in [2.75, 3.05) is 13.2 Å². The van der Waals surface area contributed by atoms with Crippen molar-refractivity contribution in [3.63, 3.8) is 0 Å². The Morgan fingerprint density at radius 3 is 2.37 bits per heavy atom. The summed E-state index contributed by atoms with van der Waals surface area (Å²) in [6.07, 6.45) is 0. The highest BCUT2D eigenvalue weighted by atomic mass is 79.9. The molecule has 0 unspecified atom stereocenters. The third-order valence-corrected chi connectivity index (χ3v) is 4.35. The Labute approximate surface area is 114 Å². The summed E-state index contributed by atoms with van der Waals surface area (Å²) in [4.78, 5) is -0.984. The summed E-state index contributed by atoms with van der Waals surface area (Å²) in [6, 6.07) is 0.991. The monoisotopic (exact) mass is 365 g/mol. The van der Waals surface area contributed by atoms with Crippen LogP contribution in [0.1, 0.15) is 0 Å². The van der Waals surface area contributed by atoms with Gasteiger partial charge in [-0.05, 0) is 22.0 Å². The zero-order valence-corrected chi connectivity index (χ0v) is 11.5. The third-order valence-electron chi connectivity index (χ3n) is 1.98. The summed E-state index contributed by atoms with van der Waals surface area (Å²) in [6.45, 7) is -2.97. The Balaban J connectivity index is 3.09. The maximum Gasteiger partial charge on any atom is 0.283 e. The highest BCUT2D eigenvalue weighted by molar-refractivity contribution is 9.10. The molecular formula is C9H8BrF4NO3S. The molecular weight excluding hydrogens is 358 g/mol. The van der Waals surface area contributed by atoms with Crippen LogP contribution in [-0.4, -0.2) is 32.6 Å². The highest BCUT2D eigenvalue weighted by Gasteiger charge is 2.32. The van der Waals surface area contributed by atoms with E-state index in [2.05, 4.69) is 15.9 Å². The SMILES string of the molecule is O=S(=O)(NCC(F)(F)CO)c1c(F)cc(F)cc1Br. The van der Waals surface area contributed by atoms with Gasteiger partial charge < -0.3 is 5.11 Å². The highest BCUT2D eigenvalue weighted by Crippen LogP contribution is 2.26. The van der Waals surface area contributed by atoms with Gasteiger partial charge in [-0.15, -0.1) is 0 Å². The molecule has 0 aliphatic carbocycles. The van der Waals surface area contributed by atoms with Gasteiger partial charge in [0.05, 0.1) is 6.54 Å². The second kappa shape index (κ2) is 5.73. The van der Waals surface area contributed by atoms with Crippen molar-refractivity contribution in [2.45, 2.75) is 10.8 Å². The molecule has 0 aliphatic heterocycles. The van der Waals surface area contributed by atoms with Crippen LogP contribution in [0.3, 0.4) is 0 Å². The van der Waals surface area contributed by atoms with Crippen LogP contribution in [0.15, 0.2) is 21.5 Å². The Hall–Kier alpha value is -0.710. The lowest BCUT2D eigenvalue weighted by Gasteiger charge is -2.15. The van der Waals surface area contributed by atoms with E-state index in [9.17, 15) is 26.0 Å². The first kappa shape index (κ1) is 16.3. The van der Waals surface area contributed by atoms with Gasteiger partial charge in [-0.3, -0.25) is 0 Å². The predicted molar refractivity (Wildman–Crippen MR) is 61.3 cm³/mol. The second-order valence-electron chi connectivity index (χ2n) is 3.54. The molecule has 0 amide bonds. The van der Waals surface area contributed by atoms with Gasteiger partial charge in [-0.2, -0.15) is 0 Å². The molecule has 0 radical (unpaired) electrons. The molecule has 0 spiro atoms. The molecule has 0 aromatic heterocycles. The Kier molecular flexibility index (Phi) is 4.93. The number of alkyl halides is 2. The summed E-state index contributed by atoms with van der Waals surface area (Å²) in [7, 11) is -4.61. The lowest BCUT2D eigenvalue weighted by atomic mass is 10.3. The average Bonchev–Trinajstić information content (AvgIpc) is 2.25. The summed E-state index contributed by atoms with van der Waals surface area (Å²) in [5, 5.41) is 8.29. The third kappa shape index (κ3) is 4.13. The van der Waals surface area contributed by atoms with Gasteiger partial charge in [-0.1, -0.05) is 0 Å². The molecule has 1 aromatic carbocycles. The van der Waals surface area contributed by atoms with Crippen molar-refractivity contribution in [2.24, 2.45) is 0 Å². The van der Waals surface area contributed by atoms with E-state index in [0.717, 1.165) is 0 Å². The molecule has 0 heterocycles. The number of aliphatic hydroxyl groups excluding tert-OH is 1. The Morgan fingerprint density at radius 1 is 1.32 bits per heavy atom. The van der Waals surface area contributed by atoms with E-state index in [-0.39, 0.29) is 0 Å². The number of rotatable bonds is 5. The largest absolute Gasteiger partial charge is 0.390 e. The van der Waals surface area contributed by atoms with Crippen LogP contribution < -0.4 is 4.72 Å². The first-order chi connectivity index (χ1) is 8.59. The fourth-order valence-electron chi connectivity index (χ4n) is 1.11. The summed E-state index contributed by atoms with van der Waals surface area (Å²) < 4.78 is 75.9. The first-order valence-electron chi connectivity index (χ1n) is 4.72. The van der Waals surface area contributed by atoms with E-state index >= 15 is 0 Å². The van der Waals surface area contributed by atoms with Gasteiger partial charge in [0.25, 0.3) is 5.92 Å². The number of halogens is 5. The maximum atomic E-state index is 13.4. The van der Waals surface area contributed by atoms with Gasteiger partial charge >= 0.3 is 0 Å². The van der Waals surface area contributed by atoms with Crippen molar-refractivity contribution in [3.8, 4) is 0 Å². The fourth-order valence-corrected chi connectivity index (χ4v) is 3.34. The van der Waals surface area contributed by atoms with Crippen LogP contribution >= 0.6 is 15.9 Å². The van der Waals surface area contributed by atoms with E-state index in [0.29, 0.717) is 12.1 Å². The van der Waals surface area contributed by atoms with Crippen LogP contribution in [-0.2, 0) is 10.0 Å². The molecule has 0 aliphatic rings. The first-order valence-corrected chi connectivity index (χ1v) is 6.99. The average molecular weight is 366 g/mol. The van der Waals surface area contributed by atoms with Crippen molar-refractivity contribution < 1.29 is 31.1 Å². The molecule has 0 atom stereocenters. The second-order valence-corrected chi connectivity index (χ2v) is 6.10. The van der Waals surface area contributed by atoms with Gasteiger partial charge in [0.1, 0.15) is 23.1 Å². The topological polar surface area (TPSA) is 66.4 Å². The van der Waals surface area contributed by atoms with Gasteiger partial charge in [-0.25, -0.2) is 30.7 Å². The van der Waals surface area contributed by atoms with Gasteiger partial charge in [0, 0.05) is 10.5 Å². The van der Waals surface area contributed by atoms with Crippen molar-refractivity contribution in [3.05, 3.63) is 28.2 Å². The molecule has 1 rings (SSSR count). The van der Waals surface area contributed by atoms with Gasteiger partial charge in [0.15, 0.2) is 0 Å². The Bertz CT molecular complexity index is 556. The summed E-state index contributed by atoms with van der Waals surface area (Å²) in [5.41, 5.74) is 0. The van der Waals surface area contributed by atoms with Crippen LogP contribution in [0.4, 0.5) is 17.6 Å². The normalized spacial score (nSPS) is 12.7. The molecule has 0 fully saturated rings. The number of benzene rings is 1. The molecule has 19 heavy (non-hydrogen) atoms. The summed E-state index contributed by atoms with van der Waals surface area (Å²) >= 11 is 2.64. The van der Waals surface area contributed by atoms with E-state index in [1.807, 2.05) is 0 Å². The Morgan fingerprint density at radius 2 is 1.89 bits per heavy atom. The van der Waals surface area contributed by atoms with Crippen molar-refractivity contribution in [1.29, 1.82) is 0 Å². The zero-order chi connectivity index (χ0) is 14.8. The zero-order valence-electron chi connectivity index (χ0n) is 9.13. The molecule has 0 bridgehead atoms. The van der Waals surface area contributed by atoms with E-state index in [1.165, 1.54) is 4.72 Å². The molecule has 4 nitrogen and oxygen atoms in total. The molecule has 10 heteroatoms. The lowest BCUT2D eigenvalue weighted by Crippen LogP contribution is -2.39. The molecule has 2 N–H and O–H groups in total. The minimum absolute atomic E-state index is 0.309. The van der Waals surface area contributed by atoms with Crippen molar-refractivity contribution >= 4 is 26.0 Å². The standard InChI is InChI=1S/C9H8BrF4NO3S/c10-6-1-5(11)2-7(12)8(6)19(17,18)15-3-9(13,14)4-16/h1-2,15-16H,3-4H2. The van der Waals surface area contributed by atoms with Crippen LogP contribution in [0.5, 0.6) is 0 Å². The van der Waals surface area contributed by atoms with Gasteiger partial charge in [0.2, 0.25) is 10.0 Å². The number of hydrogen-bond acceptors (Lipinski definition) is 3. The van der Waals surface area contributed by atoms with Crippen molar-refractivity contribution in [1.82, 2.24) is 4.72 Å². The number of sulfonamides is 1. The molecule has 0 saturated carbocycles. The molecule has 0 saturated heterocycles. The maximum absolute atomic E-state index is 13.4. The smallest absolute Gasteiger partial charge is 0.283 e. The molecule has 108 valence electrons. The molecule has 1 aromatic rings. The quantitative estimate of drug-likeness (QED) is 0.779. The van der Waals surface area contributed by atoms with E-state index in [1.54, 1.807) is 0 Å². The minimum Gasteiger partial charge on any atom is -0.390 e. The lowest BCUT2D eigenvalue weighted by molar-refractivity contribution is -0.0437. The predicted octanol–water partition coefficient (Wildman–Crippen LogP) is 1.63. The number of aliphatic hydroxyl groups is 1. The van der Waals surface area contributed by atoms with Crippen LogP contribution in [0, 0.1) is 11.6 Å². The van der Waals surface area contributed by atoms with Crippen LogP contribution in [0.25, 0.3) is 0 Å². The number of nitrogens with one attached hydrogen (secondary N) is 1.